The van der Waals surface area contributed by atoms with E-state index in [4.69, 9.17) is 4.74 Å². The molecule has 0 radical (unpaired) electrons. The first-order valence-electron chi connectivity index (χ1n) is 7.67. The lowest BCUT2D eigenvalue weighted by Gasteiger charge is -2.13. The van der Waals surface area contributed by atoms with Crippen LogP contribution in [0.3, 0.4) is 0 Å². The standard InChI is InChI=1S/C17H19F2N3O3/c1-10-14(11(2)22(21-10)17(18)19)9-15(23)25-12(3)16(24)20-13-7-5-4-6-8-13/h4-8,12,17H,9H2,1-3H3,(H,20,24). The van der Waals surface area contributed by atoms with Crippen LogP contribution in [0.1, 0.15) is 30.4 Å². The molecule has 0 aliphatic carbocycles. The van der Waals surface area contributed by atoms with Crippen LogP contribution in [-0.2, 0) is 20.7 Å². The molecule has 1 aromatic heterocycles. The van der Waals surface area contributed by atoms with E-state index in [1.54, 1.807) is 31.2 Å². The molecule has 8 heteroatoms. The first-order valence-corrected chi connectivity index (χ1v) is 7.67. The Morgan fingerprint density at radius 1 is 1.24 bits per heavy atom. The van der Waals surface area contributed by atoms with Crippen LogP contribution in [0.15, 0.2) is 30.3 Å². The molecule has 1 amide bonds. The van der Waals surface area contributed by atoms with Gasteiger partial charge in [0.2, 0.25) is 0 Å². The molecule has 25 heavy (non-hydrogen) atoms. The minimum absolute atomic E-state index is 0.200. The number of ether oxygens (including phenoxy) is 1. The van der Waals surface area contributed by atoms with E-state index < -0.39 is 24.5 Å². The zero-order valence-corrected chi connectivity index (χ0v) is 14.1. The van der Waals surface area contributed by atoms with E-state index in [0.717, 1.165) is 0 Å². The molecule has 0 spiro atoms. The van der Waals surface area contributed by atoms with Crippen molar-refractivity contribution in [3.8, 4) is 0 Å². The summed E-state index contributed by atoms with van der Waals surface area (Å²) in [6.45, 7) is 1.66. The van der Waals surface area contributed by atoms with Gasteiger partial charge in [-0.15, -0.1) is 0 Å². The highest BCUT2D eigenvalue weighted by Gasteiger charge is 2.22. The fourth-order valence-corrected chi connectivity index (χ4v) is 2.34. The van der Waals surface area contributed by atoms with Crippen molar-refractivity contribution >= 4 is 17.6 Å². The van der Waals surface area contributed by atoms with Gasteiger partial charge >= 0.3 is 12.5 Å². The number of hydrogen-bond acceptors (Lipinski definition) is 4. The van der Waals surface area contributed by atoms with Gasteiger partial charge in [-0.25, -0.2) is 4.68 Å². The summed E-state index contributed by atoms with van der Waals surface area (Å²) in [7, 11) is 0. The fraction of sp³-hybridized carbons (Fsp3) is 0.353. The molecule has 2 aromatic rings. The number of benzene rings is 1. The molecule has 0 saturated heterocycles. The summed E-state index contributed by atoms with van der Waals surface area (Å²) in [4.78, 5) is 24.1. The second-order valence-electron chi connectivity index (χ2n) is 5.54. The van der Waals surface area contributed by atoms with Crippen LogP contribution in [0.5, 0.6) is 0 Å². The van der Waals surface area contributed by atoms with Gasteiger partial charge in [-0.3, -0.25) is 9.59 Å². The van der Waals surface area contributed by atoms with Gasteiger partial charge in [-0.1, -0.05) is 18.2 Å². The Balaban J connectivity index is 1.97. The molecule has 1 N–H and O–H groups in total. The summed E-state index contributed by atoms with van der Waals surface area (Å²) in [6, 6.07) is 8.75. The Morgan fingerprint density at radius 2 is 1.88 bits per heavy atom. The summed E-state index contributed by atoms with van der Waals surface area (Å²) in [6.07, 6.45) is -1.24. The third-order valence-corrected chi connectivity index (χ3v) is 3.70. The van der Waals surface area contributed by atoms with Crippen LogP contribution < -0.4 is 5.32 Å². The second-order valence-corrected chi connectivity index (χ2v) is 5.54. The van der Waals surface area contributed by atoms with Crippen molar-refractivity contribution < 1.29 is 23.1 Å². The van der Waals surface area contributed by atoms with E-state index in [2.05, 4.69) is 10.4 Å². The molecule has 134 valence electrons. The number of anilines is 1. The summed E-state index contributed by atoms with van der Waals surface area (Å²) >= 11 is 0. The molecule has 0 aliphatic heterocycles. The molecule has 1 heterocycles. The number of amides is 1. The van der Waals surface area contributed by atoms with Gasteiger partial charge in [0.1, 0.15) is 0 Å². The summed E-state index contributed by atoms with van der Waals surface area (Å²) in [5, 5.41) is 6.33. The number of hydrogen-bond donors (Lipinski definition) is 1. The Labute approximate surface area is 143 Å². The predicted octanol–water partition coefficient (Wildman–Crippen LogP) is 3.01. The van der Waals surface area contributed by atoms with Crippen molar-refractivity contribution in [2.45, 2.75) is 39.8 Å². The Hall–Kier alpha value is -2.77. The van der Waals surface area contributed by atoms with Crippen molar-refractivity contribution in [1.82, 2.24) is 9.78 Å². The lowest BCUT2D eigenvalue weighted by atomic mass is 10.1. The smallest absolute Gasteiger partial charge is 0.333 e. The molecule has 1 atom stereocenters. The van der Waals surface area contributed by atoms with E-state index in [9.17, 15) is 18.4 Å². The topological polar surface area (TPSA) is 73.2 Å². The van der Waals surface area contributed by atoms with E-state index in [1.165, 1.54) is 13.8 Å². The maximum atomic E-state index is 12.8. The van der Waals surface area contributed by atoms with Gasteiger partial charge < -0.3 is 10.1 Å². The van der Waals surface area contributed by atoms with Gasteiger partial charge in [-0.05, 0) is 32.9 Å². The van der Waals surface area contributed by atoms with E-state index in [1.807, 2.05) is 6.07 Å². The number of halogens is 2. The van der Waals surface area contributed by atoms with Crippen molar-refractivity contribution in [2.75, 3.05) is 5.32 Å². The highest BCUT2D eigenvalue weighted by molar-refractivity contribution is 5.95. The molecule has 6 nitrogen and oxygen atoms in total. The normalized spacial score (nSPS) is 12.1. The van der Waals surface area contributed by atoms with Crippen LogP contribution >= 0.6 is 0 Å². The molecule has 0 bridgehead atoms. The van der Waals surface area contributed by atoms with Gasteiger partial charge in [0.05, 0.1) is 12.1 Å². The first-order chi connectivity index (χ1) is 11.8. The molecule has 1 unspecified atom stereocenters. The quantitative estimate of drug-likeness (QED) is 0.812. The number of carbonyl (C=O) groups excluding carboxylic acids is 2. The number of alkyl halides is 2. The largest absolute Gasteiger partial charge is 0.452 e. The maximum absolute atomic E-state index is 12.8. The Bertz CT molecular complexity index is 760. The summed E-state index contributed by atoms with van der Waals surface area (Å²) in [5.74, 6) is -1.16. The second kappa shape index (κ2) is 7.87. The highest BCUT2D eigenvalue weighted by atomic mass is 19.3. The average molecular weight is 351 g/mol. The zero-order chi connectivity index (χ0) is 18.6. The van der Waals surface area contributed by atoms with Crippen LogP contribution in [0.25, 0.3) is 0 Å². The van der Waals surface area contributed by atoms with Crippen molar-refractivity contribution in [2.24, 2.45) is 0 Å². The molecule has 1 aromatic carbocycles. The maximum Gasteiger partial charge on any atom is 0.333 e. The van der Waals surface area contributed by atoms with Crippen molar-refractivity contribution in [1.29, 1.82) is 0 Å². The Morgan fingerprint density at radius 3 is 2.44 bits per heavy atom. The monoisotopic (exact) mass is 351 g/mol. The summed E-state index contributed by atoms with van der Waals surface area (Å²) in [5.41, 5.74) is 1.49. The predicted molar refractivity (Wildman–Crippen MR) is 87.3 cm³/mol. The third-order valence-electron chi connectivity index (χ3n) is 3.70. The van der Waals surface area contributed by atoms with Gasteiger partial charge in [0.15, 0.2) is 6.10 Å². The van der Waals surface area contributed by atoms with Crippen molar-refractivity contribution in [3.63, 3.8) is 0 Å². The van der Waals surface area contributed by atoms with Crippen LogP contribution in [0, 0.1) is 13.8 Å². The zero-order valence-electron chi connectivity index (χ0n) is 14.1. The van der Waals surface area contributed by atoms with E-state index in [0.29, 0.717) is 21.6 Å². The minimum atomic E-state index is -2.78. The molecular weight excluding hydrogens is 332 g/mol. The number of nitrogens with one attached hydrogen (secondary N) is 1. The van der Waals surface area contributed by atoms with Crippen LogP contribution in [-0.4, -0.2) is 27.8 Å². The Kier molecular flexibility index (Phi) is 5.84. The third kappa shape index (κ3) is 4.62. The molecule has 2 rings (SSSR count). The number of aromatic nitrogens is 2. The first kappa shape index (κ1) is 18.6. The number of nitrogens with zero attached hydrogens (tertiary/aromatic N) is 2. The van der Waals surface area contributed by atoms with Gasteiger partial charge in [-0.2, -0.15) is 13.9 Å². The van der Waals surface area contributed by atoms with Crippen LogP contribution in [0.4, 0.5) is 14.5 Å². The number of rotatable bonds is 6. The lowest BCUT2D eigenvalue weighted by molar-refractivity contribution is -0.152. The lowest BCUT2D eigenvalue weighted by Crippen LogP contribution is -2.30. The fourth-order valence-electron chi connectivity index (χ4n) is 2.34. The molecule has 0 aliphatic rings. The molecular formula is C17H19F2N3O3. The van der Waals surface area contributed by atoms with Gasteiger partial charge in [0, 0.05) is 16.9 Å². The highest BCUT2D eigenvalue weighted by Crippen LogP contribution is 2.20. The number of para-hydroxylation sites is 1. The number of carbonyl (C=O) groups is 2. The van der Waals surface area contributed by atoms with Gasteiger partial charge in [0.25, 0.3) is 5.91 Å². The minimum Gasteiger partial charge on any atom is -0.452 e. The number of esters is 1. The van der Waals surface area contributed by atoms with Crippen LogP contribution in [0.2, 0.25) is 0 Å². The average Bonchev–Trinajstić information content (AvgIpc) is 2.84. The van der Waals surface area contributed by atoms with E-state index >= 15 is 0 Å². The molecule has 0 fully saturated rings. The number of aryl methyl sites for hydroxylation is 1. The summed E-state index contributed by atoms with van der Waals surface area (Å²) < 4.78 is 31.3. The van der Waals surface area contributed by atoms with Crippen molar-refractivity contribution in [3.05, 3.63) is 47.3 Å². The van der Waals surface area contributed by atoms with E-state index in [-0.39, 0.29) is 12.1 Å². The SMILES string of the molecule is Cc1nn(C(F)F)c(C)c1CC(=O)OC(C)C(=O)Nc1ccccc1. The molecule has 0 saturated carbocycles.